The third kappa shape index (κ3) is 5.11. The van der Waals surface area contributed by atoms with E-state index in [0.717, 1.165) is 29.0 Å². The van der Waals surface area contributed by atoms with Gasteiger partial charge < -0.3 is 23.8 Å². The van der Waals surface area contributed by atoms with Gasteiger partial charge in [0.2, 0.25) is 5.91 Å². The summed E-state index contributed by atoms with van der Waals surface area (Å²) >= 11 is 0. The summed E-state index contributed by atoms with van der Waals surface area (Å²) < 4.78 is 22.1. The lowest BCUT2D eigenvalue weighted by Gasteiger charge is -2.38. The van der Waals surface area contributed by atoms with Crippen molar-refractivity contribution >= 4 is 5.91 Å². The summed E-state index contributed by atoms with van der Waals surface area (Å²) in [5, 5.41) is 0. The van der Waals surface area contributed by atoms with Crippen LogP contribution in [-0.4, -0.2) is 45.3 Å². The topological polar surface area (TPSA) is 57.2 Å². The molecule has 0 bridgehead atoms. The van der Waals surface area contributed by atoms with Crippen molar-refractivity contribution in [1.29, 1.82) is 0 Å². The molecule has 0 fully saturated rings. The second-order valence-electron chi connectivity index (χ2n) is 8.18. The van der Waals surface area contributed by atoms with Gasteiger partial charge in [0.1, 0.15) is 11.5 Å². The third-order valence-corrected chi connectivity index (χ3v) is 6.17. The van der Waals surface area contributed by atoms with Gasteiger partial charge >= 0.3 is 0 Å². The maximum Gasteiger partial charge on any atom is 0.223 e. The largest absolute Gasteiger partial charge is 0.497 e. The van der Waals surface area contributed by atoms with Crippen LogP contribution < -0.4 is 18.9 Å². The molecule has 1 heterocycles. The van der Waals surface area contributed by atoms with E-state index in [1.54, 1.807) is 21.3 Å². The molecule has 1 unspecified atom stereocenters. The minimum Gasteiger partial charge on any atom is -0.497 e. The maximum atomic E-state index is 13.4. The fourth-order valence-electron chi connectivity index (χ4n) is 4.44. The highest BCUT2D eigenvalue weighted by Gasteiger charge is 2.33. The average Bonchev–Trinajstić information content (AvgIpc) is 2.90. The first-order chi connectivity index (χ1) is 16.6. The van der Waals surface area contributed by atoms with Gasteiger partial charge in [-0.25, -0.2) is 0 Å². The normalized spacial score (nSPS) is 14.8. The molecule has 0 saturated carbocycles. The maximum absolute atomic E-state index is 13.4. The molecule has 0 radical (unpaired) electrons. The Morgan fingerprint density at radius 3 is 2.24 bits per heavy atom. The number of nitrogens with zero attached hydrogens (tertiary/aromatic N) is 1. The Morgan fingerprint density at radius 2 is 1.56 bits per heavy atom. The Hall–Kier alpha value is -3.67. The summed E-state index contributed by atoms with van der Waals surface area (Å²) in [6.07, 6.45) is 1.83. The average molecular weight is 462 g/mol. The van der Waals surface area contributed by atoms with Crippen LogP contribution in [0.25, 0.3) is 0 Å². The van der Waals surface area contributed by atoms with Gasteiger partial charge in [0.15, 0.2) is 11.5 Å². The Labute approximate surface area is 201 Å². The second kappa shape index (κ2) is 11.0. The van der Waals surface area contributed by atoms with E-state index in [-0.39, 0.29) is 11.9 Å². The summed E-state index contributed by atoms with van der Waals surface area (Å²) in [5.74, 6) is 3.05. The van der Waals surface area contributed by atoms with Crippen molar-refractivity contribution in [3.05, 3.63) is 83.4 Å². The molecule has 0 spiro atoms. The number of hydrogen-bond acceptors (Lipinski definition) is 5. The highest BCUT2D eigenvalue weighted by molar-refractivity contribution is 5.78. The number of carbonyl (C=O) groups is 1. The number of fused-ring (bicyclic) bond motifs is 1. The van der Waals surface area contributed by atoms with Crippen molar-refractivity contribution in [2.24, 2.45) is 0 Å². The summed E-state index contributed by atoms with van der Waals surface area (Å²) in [7, 11) is 4.91. The predicted molar refractivity (Wildman–Crippen MR) is 131 cm³/mol. The monoisotopic (exact) mass is 461 g/mol. The van der Waals surface area contributed by atoms with Crippen molar-refractivity contribution in [2.45, 2.75) is 25.3 Å². The smallest absolute Gasteiger partial charge is 0.223 e. The van der Waals surface area contributed by atoms with E-state index >= 15 is 0 Å². The summed E-state index contributed by atoms with van der Waals surface area (Å²) in [5.41, 5.74) is 3.34. The molecule has 0 N–H and O–H groups in total. The molecule has 6 heteroatoms. The van der Waals surface area contributed by atoms with E-state index in [4.69, 9.17) is 18.9 Å². The molecule has 1 atom stereocenters. The highest BCUT2D eigenvalue weighted by Crippen LogP contribution is 2.41. The van der Waals surface area contributed by atoms with Crippen molar-refractivity contribution in [1.82, 2.24) is 4.90 Å². The standard InChI is InChI=1S/C28H31NO5/c1-31-22-11-13-23(14-12-22)34-17-7-10-27(30)29-16-15-21-18-25(32-2)26(33-3)19-24(21)28(29)20-8-5-4-6-9-20/h4-6,8-9,11-14,18-19,28H,7,10,15-17H2,1-3H3. The minimum atomic E-state index is -0.167. The molecule has 6 nitrogen and oxygen atoms in total. The molecule has 0 saturated heterocycles. The molecule has 34 heavy (non-hydrogen) atoms. The van der Waals surface area contributed by atoms with Gasteiger partial charge in [0, 0.05) is 13.0 Å². The summed E-state index contributed by atoms with van der Waals surface area (Å²) in [4.78, 5) is 15.3. The first-order valence-electron chi connectivity index (χ1n) is 11.5. The van der Waals surface area contributed by atoms with E-state index in [1.165, 1.54) is 5.56 Å². The van der Waals surface area contributed by atoms with Crippen LogP contribution >= 0.6 is 0 Å². The van der Waals surface area contributed by atoms with Crippen LogP contribution in [0.1, 0.15) is 35.6 Å². The van der Waals surface area contributed by atoms with Crippen LogP contribution in [0.5, 0.6) is 23.0 Å². The fourth-order valence-corrected chi connectivity index (χ4v) is 4.44. The van der Waals surface area contributed by atoms with Gasteiger partial charge in [0.25, 0.3) is 0 Å². The number of amides is 1. The molecule has 1 amide bonds. The van der Waals surface area contributed by atoms with E-state index in [2.05, 4.69) is 12.1 Å². The van der Waals surface area contributed by atoms with Crippen LogP contribution in [0, 0.1) is 0 Å². The number of methoxy groups -OCH3 is 3. The van der Waals surface area contributed by atoms with E-state index in [0.29, 0.717) is 37.5 Å². The Bertz CT molecular complexity index is 1100. The van der Waals surface area contributed by atoms with Gasteiger partial charge in [0.05, 0.1) is 34.0 Å². The molecule has 4 rings (SSSR count). The minimum absolute atomic E-state index is 0.118. The Kier molecular flexibility index (Phi) is 7.58. The van der Waals surface area contributed by atoms with Crippen molar-refractivity contribution < 1.29 is 23.7 Å². The van der Waals surface area contributed by atoms with Gasteiger partial charge in [-0.1, -0.05) is 30.3 Å². The van der Waals surface area contributed by atoms with Crippen LogP contribution in [0.4, 0.5) is 0 Å². The van der Waals surface area contributed by atoms with Crippen LogP contribution in [-0.2, 0) is 11.2 Å². The molecule has 3 aromatic carbocycles. The number of hydrogen-bond donors (Lipinski definition) is 0. The number of benzene rings is 3. The van der Waals surface area contributed by atoms with Gasteiger partial charge in [-0.3, -0.25) is 4.79 Å². The van der Waals surface area contributed by atoms with Gasteiger partial charge in [-0.15, -0.1) is 0 Å². The van der Waals surface area contributed by atoms with Crippen molar-refractivity contribution in [3.63, 3.8) is 0 Å². The quantitative estimate of drug-likeness (QED) is 0.418. The van der Waals surface area contributed by atoms with Gasteiger partial charge in [-0.2, -0.15) is 0 Å². The molecule has 0 aromatic heterocycles. The highest BCUT2D eigenvalue weighted by atomic mass is 16.5. The number of carbonyl (C=O) groups excluding carboxylic acids is 1. The lowest BCUT2D eigenvalue weighted by atomic mass is 9.87. The third-order valence-electron chi connectivity index (χ3n) is 6.17. The summed E-state index contributed by atoms with van der Waals surface area (Å²) in [6.45, 7) is 1.13. The molecule has 178 valence electrons. The Balaban J connectivity index is 1.49. The van der Waals surface area contributed by atoms with Crippen molar-refractivity contribution in [2.75, 3.05) is 34.5 Å². The van der Waals surface area contributed by atoms with Crippen molar-refractivity contribution in [3.8, 4) is 23.0 Å². The molecule has 3 aromatic rings. The molecule has 1 aliphatic rings. The SMILES string of the molecule is COc1ccc(OCCCC(=O)N2CCc3cc(OC)c(OC)cc3C2c2ccccc2)cc1. The van der Waals surface area contributed by atoms with E-state index < -0.39 is 0 Å². The lowest BCUT2D eigenvalue weighted by Crippen LogP contribution is -2.40. The molecule has 0 aliphatic carbocycles. The van der Waals surface area contributed by atoms with Crippen LogP contribution in [0.2, 0.25) is 0 Å². The Morgan fingerprint density at radius 1 is 0.882 bits per heavy atom. The van der Waals surface area contributed by atoms with Gasteiger partial charge in [-0.05, 0) is 65.9 Å². The van der Waals surface area contributed by atoms with E-state index in [1.807, 2.05) is 59.5 Å². The molecule has 1 aliphatic heterocycles. The first kappa shape index (κ1) is 23.5. The number of ether oxygens (including phenoxy) is 4. The zero-order valence-corrected chi connectivity index (χ0v) is 20.0. The lowest BCUT2D eigenvalue weighted by molar-refractivity contribution is -0.133. The fraction of sp³-hybridized carbons (Fsp3) is 0.321. The van der Waals surface area contributed by atoms with Crippen LogP contribution in [0.3, 0.4) is 0 Å². The van der Waals surface area contributed by atoms with E-state index in [9.17, 15) is 4.79 Å². The number of rotatable bonds is 9. The second-order valence-corrected chi connectivity index (χ2v) is 8.18. The zero-order valence-electron chi connectivity index (χ0n) is 20.0. The molecular weight excluding hydrogens is 430 g/mol. The molecular formula is C28H31NO5. The first-order valence-corrected chi connectivity index (χ1v) is 11.5. The van der Waals surface area contributed by atoms with Crippen LogP contribution in [0.15, 0.2) is 66.7 Å². The summed E-state index contributed by atoms with van der Waals surface area (Å²) in [6, 6.07) is 21.5. The predicted octanol–water partition coefficient (Wildman–Crippen LogP) is 5.05. The zero-order chi connectivity index (χ0) is 23.9.